The number of epoxide rings is 1. The fourth-order valence-electron chi connectivity index (χ4n) is 4.70. The molecule has 0 radical (unpaired) electrons. The van der Waals surface area contributed by atoms with E-state index in [1.54, 1.807) is 19.1 Å². The number of methoxy groups -OCH3 is 2. The Balaban J connectivity index is 1.48. The number of amides is 1. The normalized spacial score (nSPS) is 17.9. The molecule has 1 fully saturated rings. The molecule has 1 aliphatic rings. The molecule has 0 unspecified atom stereocenters. The second-order valence-corrected chi connectivity index (χ2v) is 9.20. The van der Waals surface area contributed by atoms with Gasteiger partial charge in [-0.05, 0) is 46.5 Å². The van der Waals surface area contributed by atoms with Crippen molar-refractivity contribution in [3.8, 4) is 11.5 Å². The molecule has 4 aromatic rings. The maximum atomic E-state index is 14.1. The third-order valence-corrected chi connectivity index (χ3v) is 6.80. The first kappa shape index (κ1) is 25.2. The van der Waals surface area contributed by atoms with Crippen molar-refractivity contribution in [2.45, 2.75) is 24.8 Å². The molecule has 1 heterocycles. The topological polar surface area (TPSA) is 68.4 Å². The smallest absolute Gasteiger partial charge is 0.294 e. The third kappa shape index (κ3) is 5.04. The fraction of sp³-hybridized carbons (Fsp3) is 0.188. The number of rotatable bonds is 10. The second kappa shape index (κ2) is 10.9. The van der Waals surface area contributed by atoms with Gasteiger partial charge in [0.05, 0.1) is 14.2 Å². The molecule has 1 saturated heterocycles. The molecule has 5 rings (SSSR count). The Morgan fingerprint density at radius 1 is 0.711 bits per heavy atom. The van der Waals surface area contributed by atoms with Gasteiger partial charge in [-0.3, -0.25) is 9.59 Å². The maximum Gasteiger partial charge on any atom is 0.294 e. The number of Topliss-reactive ketones (excluding diaryl/α,β-unsaturated/α-hetero) is 1. The Hall–Kier alpha value is -4.42. The van der Waals surface area contributed by atoms with Gasteiger partial charge in [0.25, 0.3) is 11.7 Å². The van der Waals surface area contributed by atoms with Crippen LogP contribution in [0.25, 0.3) is 0 Å². The van der Waals surface area contributed by atoms with Gasteiger partial charge in [0.1, 0.15) is 17.6 Å². The number of nitrogens with zero attached hydrogens (tertiary/aromatic N) is 1. The van der Waals surface area contributed by atoms with Crippen molar-refractivity contribution in [1.82, 2.24) is 4.90 Å². The highest BCUT2D eigenvalue weighted by molar-refractivity contribution is 6.40. The number of hydrogen-bond acceptors (Lipinski definition) is 5. The van der Waals surface area contributed by atoms with Crippen LogP contribution in [0.4, 0.5) is 0 Å². The fourth-order valence-corrected chi connectivity index (χ4v) is 4.70. The van der Waals surface area contributed by atoms with E-state index in [0.717, 1.165) is 28.2 Å². The molecular weight excluding hydrogens is 478 g/mol. The van der Waals surface area contributed by atoms with Crippen molar-refractivity contribution in [2.75, 3.05) is 14.2 Å². The van der Waals surface area contributed by atoms with E-state index in [1.165, 1.54) is 0 Å². The van der Waals surface area contributed by atoms with Gasteiger partial charge < -0.3 is 19.1 Å². The average Bonchev–Trinajstić information content (AvgIpc) is 3.75. The van der Waals surface area contributed by atoms with E-state index in [0.29, 0.717) is 5.56 Å². The van der Waals surface area contributed by atoms with Crippen molar-refractivity contribution in [3.05, 3.63) is 131 Å². The van der Waals surface area contributed by atoms with Gasteiger partial charge >= 0.3 is 0 Å². The van der Waals surface area contributed by atoms with Crippen molar-refractivity contribution in [1.29, 1.82) is 0 Å². The lowest BCUT2D eigenvalue weighted by molar-refractivity contribution is -0.148. The summed E-state index contributed by atoms with van der Waals surface area (Å²) in [5, 5.41) is 0. The highest BCUT2D eigenvalue weighted by Crippen LogP contribution is 2.57. The maximum absolute atomic E-state index is 14.1. The molecule has 0 bridgehead atoms. The van der Waals surface area contributed by atoms with Crippen LogP contribution in [-0.2, 0) is 33.0 Å². The van der Waals surface area contributed by atoms with Gasteiger partial charge in [-0.25, -0.2) is 0 Å². The van der Waals surface area contributed by atoms with Crippen molar-refractivity contribution in [3.63, 3.8) is 0 Å². The van der Waals surface area contributed by atoms with E-state index in [9.17, 15) is 9.59 Å². The standard InChI is InChI=1S/C32H29NO5/c1-36-27-17-13-23(14-18-27)21-33(22-24-15-19-28(37-2)20-16-24)31(35)29(34)32(26-11-7-4-8-12-26)30(38-32)25-9-5-3-6-10-25/h3-20,30H,21-22H2,1-2H3/t30-,32-/m0/s1. The van der Waals surface area contributed by atoms with Crippen LogP contribution in [0.15, 0.2) is 109 Å². The zero-order chi connectivity index (χ0) is 26.5. The number of benzene rings is 4. The summed E-state index contributed by atoms with van der Waals surface area (Å²) in [4.78, 5) is 29.6. The van der Waals surface area contributed by atoms with Gasteiger partial charge in [-0.15, -0.1) is 0 Å². The predicted octanol–water partition coefficient (Wildman–Crippen LogP) is 5.47. The van der Waals surface area contributed by atoms with Crippen molar-refractivity contribution >= 4 is 11.7 Å². The monoisotopic (exact) mass is 507 g/mol. The highest BCUT2D eigenvalue weighted by atomic mass is 16.6. The van der Waals surface area contributed by atoms with Crippen LogP contribution in [0.5, 0.6) is 11.5 Å². The predicted molar refractivity (Wildman–Crippen MR) is 144 cm³/mol. The van der Waals surface area contributed by atoms with Crippen LogP contribution in [0.2, 0.25) is 0 Å². The third-order valence-electron chi connectivity index (χ3n) is 6.80. The second-order valence-electron chi connectivity index (χ2n) is 9.20. The number of hydrogen-bond donors (Lipinski definition) is 0. The molecule has 0 aromatic heterocycles. The first-order valence-electron chi connectivity index (χ1n) is 12.4. The quantitative estimate of drug-likeness (QED) is 0.210. The SMILES string of the molecule is COc1ccc(CN(Cc2ccc(OC)cc2)C(=O)C(=O)[C@]2(c3ccccc3)O[C@H]2c2ccccc2)cc1. The molecule has 0 N–H and O–H groups in total. The number of ether oxygens (including phenoxy) is 3. The summed E-state index contributed by atoms with van der Waals surface area (Å²) in [6.07, 6.45) is -0.536. The van der Waals surface area contributed by atoms with Gasteiger partial charge in [0, 0.05) is 13.1 Å². The Morgan fingerprint density at radius 3 is 1.66 bits per heavy atom. The summed E-state index contributed by atoms with van der Waals surface area (Å²) in [7, 11) is 3.21. The van der Waals surface area contributed by atoms with Gasteiger partial charge in [0.15, 0.2) is 5.60 Å². The number of carbonyl (C=O) groups excluding carboxylic acids is 2. The van der Waals surface area contributed by atoms with Gasteiger partial charge in [-0.2, -0.15) is 0 Å². The summed E-state index contributed by atoms with van der Waals surface area (Å²) in [6.45, 7) is 0.503. The highest BCUT2D eigenvalue weighted by Gasteiger charge is 2.66. The van der Waals surface area contributed by atoms with Crippen LogP contribution in [0, 0.1) is 0 Å². The lowest BCUT2D eigenvalue weighted by atomic mass is 9.87. The number of carbonyl (C=O) groups is 2. The van der Waals surface area contributed by atoms with Gasteiger partial charge in [-0.1, -0.05) is 84.9 Å². The van der Waals surface area contributed by atoms with Crippen molar-refractivity contribution < 1.29 is 23.8 Å². The summed E-state index contributed by atoms with van der Waals surface area (Å²) in [5.41, 5.74) is 1.92. The Bertz CT molecular complexity index is 1340. The van der Waals surface area contributed by atoms with Gasteiger partial charge in [0.2, 0.25) is 0 Å². The minimum Gasteiger partial charge on any atom is -0.497 e. The van der Waals surface area contributed by atoms with E-state index >= 15 is 0 Å². The van der Waals surface area contributed by atoms with E-state index in [4.69, 9.17) is 14.2 Å². The first-order chi connectivity index (χ1) is 18.5. The van der Waals surface area contributed by atoms with Crippen LogP contribution < -0.4 is 9.47 Å². The Morgan fingerprint density at radius 2 is 1.18 bits per heavy atom. The molecule has 4 aromatic carbocycles. The summed E-state index contributed by atoms with van der Waals surface area (Å²) in [5.74, 6) is 0.259. The minimum absolute atomic E-state index is 0.251. The van der Waals surface area contributed by atoms with E-state index in [2.05, 4.69) is 0 Å². The molecule has 0 saturated carbocycles. The lowest BCUT2D eigenvalue weighted by Crippen LogP contribution is -2.42. The molecule has 0 spiro atoms. The van der Waals surface area contributed by atoms with Crippen LogP contribution in [0.1, 0.15) is 28.4 Å². The zero-order valence-corrected chi connectivity index (χ0v) is 21.4. The zero-order valence-electron chi connectivity index (χ0n) is 21.4. The van der Waals surface area contributed by atoms with E-state index < -0.39 is 23.4 Å². The molecular formula is C32H29NO5. The minimum atomic E-state index is -1.36. The molecule has 1 aliphatic heterocycles. The van der Waals surface area contributed by atoms with Crippen molar-refractivity contribution in [2.24, 2.45) is 0 Å². The first-order valence-corrected chi connectivity index (χ1v) is 12.4. The summed E-state index contributed by atoms with van der Waals surface area (Å²) < 4.78 is 16.7. The van der Waals surface area contributed by atoms with Crippen LogP contribution in [-0.4, -0.2) is 30.8 Å². The molecule has 1 amide bonds. The van der Waals surface area contributed by atoms with Crippen LogP contribution >= 0.6 is 0 Å². The molecule has 2 atom stereocenters. The lowest BCUT2D eigenvalue weighted by Gasteiger charge is -2.24. The molecule has 6 nitrogen and oxygen atoms in total. The summed E-state index contributed by atoms with van der Waals surface area (Å²) in [6, 6.07) is 33.7. The summed E-state index contributed by atoms with van der Waals surface area (Å²) >= 11 is 0. The number of ketones is 1. The molecule has 38 heavy (non-hydrogen) atoms. The van der Waals surface area contributed by atoms with E-state index in [-0.39, 0.29) is 13.1 Å². The molecule has 0 aliphatic carbocycles. The Kier molecular flexibility index (Phi) is 7.24. The molecule has 6 heteroatoms. The largest absolute Gasteiger partial charge is 0.497 e. The average molecular weight is 508 g/mol. The van der Waals surface area contributed by atoms with E-state index in [1.807, 2.05) is 109 Å². The molecule has 192 valence electrons. The van der Waals surface area contributed by atoms with Crippen LogP contribution in [0.3, 0.4) is 0 Å². The Labute approximate surface area is 222 Å².